The lowest BCUT2D eigenvalue weighted by Gasteiger charge is -2.14. The molecular formula is C14H17N3O4. The van der Waals surface area contributed by atoms with Crippen LogP contribution in [-0.2, 0) is 0 Å². The van der Waals surface area contributed by atoms with Gasteiger partial charge in [0.25, 0.3) is 11.6 Å². The Morgan fingerprint density at radius 3 is 2.95 bits per heavy atom. The molecule has 1 amide bonds. The van der Waals surface area contributed by atoms with Crippen molar-refractivity contribution in [3.63, 3.8) is 0 Å². The molecule has 2 N–H and O–H groups in total. The van der Waals surface area contributed by atoms with Crippen LogP contribution in [0.25, 0.3) is 0 Å². The molecule has 0 bridgehead atoms. The molecule has 0 atom stereocenters. The molecule has 1 aromatic rings. The SMILES string of the molecule is COc1ccc([N+](=O)[O-])c(C(=O)NCC2=CCNCC2)c1. The highest BCUT2D eigenvalue weighted by atomic mass is 16.6. The van der Waals surface area contributed by atoms with Gasteiger partial charge in [-0.15, -0.1) is 0 Å². The largest absolute Gasteiger partial charge is 0.497 e. The first-order chi connectivity index (χ1) is 10.1. The minimum absolute atomic E-state index is 0.00823. The van der Waals surface area contributed by atoms with E-state index in [4.69, 9.17) is 4.74 Å². The number of nitrogens with one attached hydrogen (secondary N) is 2. The number of benzene rings is 1. The predicted octanol–water partition coefficient (Wildman–Crippen LogP) is 1.25. The molecule has 0 saturated carbocycles. The van der Waals surface area contributed by atoms with E-state index in [2.05, 4.69) is 10.6 Å². The lowest BCUT2D eigenvalue weighted by atomic mass is 10.1. The average molecular weight is 291 g/mol. The van der Waals surface area contributed by atoms with Crippen LogP contribution in [0.2, 0.25) is 0 Å². The highest BCUT2D eigenvalue weighted by molar-refractivity contribution is 5.98. The summed E-state index contributed by atoms with van der Waals surface area (Å²) in [5.41, 5.74) is 0.897. The zero-order valence-electron chi connectivity index (χ0n) is 11.7. The van der Waals surface area contributed by atoms with Crippen LogP contribution >= 0.6 is 0 Å². The first-order valence-corrected chi connectivity index (χ1v) is 6.61. The second-order valence-electron chi connectivity index (χ2n) is 4.64. The van der Waals surface area contributed by atoms with E-state index in [-0.39, 0.29) is 11.3 Å². The third-order valence-corrected chi connectivity index (χ3v) is 3.28. The molecule has 0 aromatic heterocycles. The molecule has 1 aliphatic heterocycles. The lowest BCUT2D eigenvalue weighted by molar-refractivity contribution is -0.385. The first kappa shape index (κ1) is 15.0. The Balaban J connectivity index is 2.13. The number of nitro benzene ring substituents is 1. The number of carbonyl (C=O) groups is 1. The fourth-order valence-electron chi connectivity index (χ4n) is 2.10. The molecule has 0 saturated heterocycles. The van der Waals surface area contributed by atoms with E-state index >= 15 is 0 Å². The van der Waals surface area contributed by atoms with Crippen molar-refractivity contribution >= 4 is 11.6 Å². The molecule has 0 unspecified atom stereocenters. The van der Waals surface area contributed by atoms with Gasteiger partial charge in [0, 0.05) is 19.2 Å². The van der Waals surface area contributed by atoms with E-state index < -0.39 is 10.8 Å². The Morgan fingerprint density at radius 1 is 1.52 bits per heavy atom. The summed E-state index contributed by atoms with van der Waals surface area (Å²) in [5.74, 6) is -0.0631. The average Bonchev–Trinajstić information content (AvgIpc) is 2.52. The molecule has 0 spiro atoms. The lowest BCUT2D eigenvalue weighted by Crippen LogP contribution is -2.30. The molecule has 112 valence electrons. The number of amides is 1. The van der Waals surface area contributed by atoms with Gasteiger partial charge in [-0.25, -0.2) is 0 Å². The van der Waals surface area contributed by atoms with Gasteiger partial charge in [-0.2, -0.15) is 0 Å². The highest BCUT2D eigenvalue weighted by Crippen LogP contribution is 2.23. The molecule has 7 heteroatoms. The Labute approximate surface area is 122 Å². The number of hydrogen-bond acceptors (Lipinski definition) is 5. The second kappa shape index (κ2) is 6.85. The van der Waals surface area contributed by atoms with Crippen molar-refractivity contribution < 1.29 is 14.5 Å². The Hall–Kier alpha value is -2.41. The molecule has 7 nitrogen and oxygen atoms in total. The van der Waals surface area contributed by atoms with E-state index in [0.29, 0.717) is 12.3 Å². The van der Waals surface area contributed by atoms with Crippen LogP contribution in [-0.4, -0.2) is 37.6 Å². The number of methoxy groups -OCH3 is 1. The van der Waals surface area contributed by atoms with Gasteiger partial charge in [-0.3, -0.25) is 14.9 Å². The summed E-state index contributed by atoms with van der Waals surface area (Å²) in [6.45, 7) is 2.06. The smallest absolute Gasteiger partial charge is 0.282 e. The standard InChI is InChI=1S/C14H17N3O4/c1-21-11-2-3-13(17(19)20)12(8-11)14(18)16-9-10-4-6-15-7-5-10/h2-4,8,15H,5-7,9H2,1H3,(H,16,18). The van der Waals surface area contributed by atoms with Crippen molar-refractivity contribution in [1.29, 1.82) is 0 Å². The first-order valence-electron chi connectivity index (χ1n) is 6.61. The van der Waals surface area contributed by atoms with E-state index in [1.807, 2.05) is 6.08 Å². The fourth-order valence-corrected chi connectivity index (χ4v) is 2.10. The van der Waals surface area contributed by atoms with Crippen molar-refractivity contribution in [2.24, 2.45) is 0 Å². The number of rotatable bonds is 5. The molecule has 0 radical (unpaired) electrons. The molecule has 1 heterocycles. The third-order valence-electron chi connectivity index (χ3n) is 3.28. The number of nitrogens with zero attached hydrogens (tertiary/aromatic N) is 1. The molecular weight excluding hydrogens is 274 g/mol. The number of hydrogen-bond donors (Lipinski definition) is 2. The Morgan fingerprint density at radius 2 is 2.33 bits per heavy atom. The van der Waals surface area contributed by atoms with Gasteiger partial charge >= 0.3 is 0 Å². The van der Waals surface area contributed by atoms with Crippen LogP contribution in [0.1, 0.15) is 16.8 Å². The topological polar surface area (TPSA) is 93.5 Å². The number of ether oxygens (including phenoxy) is 1. The summed E-state index contributed by atoms with van der Waals surface area (Å²) in [6.07, 6.45) is 2.88. The summed E-state index contributed by atoms with van der Waals surface area (Å²) in [7, 11) is 1.45. The normalized spacial score (nSPS) is 14.2. The van der Waals surface area contributed by atoms with Gasteiger partial charge < -0.3 is 15.4 Å². The fraction of sp³-hybridized carbons (Fsp3) is 0.357. The predicted molar refractivity (Wildman–Crippen MR) is 77.6 cm³/mol. The Bertz CT molecular complexity index is 584. The third kappa shape index (κ3) is 3.79. The van der Waals surface area contributed by atoms with Crippen LogP contribution in [0.3, 0.4) is 0 Å². The summed E-state index contributed by atoms with van der Waals surface area (Å²) < 4.78 is 5.01. The van der Waals surface area contributed by atoms with Gasteiger partial charge in [-0.05, 0) is 25.1 Å². The molecule has 2 rings (SSSR count). The molecule has 1 aromatic carbocycles. The Kier molecular flexibility index (Phi) is 4.89. The van der Waals surface area contributed by atoms with Gasteiger partial charge in [0.1, 0.15) is 11.3 Å². The van der Waals surface area contributed by atoms with Crippen LogP contribution in [0, 0.1) is 10.1 Å². The van der Waals surface area contributed by atoms with Crippen LogP contribution in [0.15, 0.2) is 29.8 Å². The van der Waals surface area contributed by atoms with E-state index in [1.165, 1.54) is 25.3 Å². The highest BCUT2D eigenvalue weighted by Gasteiger charge is 2.21. The monoisotopic (exact) mass is 291 g/mol. The van der Waals surface area contributed by atoms with Gasteiger partial charge in [-0.1, -0.05) is 11.6 Å². The van der Waals surface area contributed by atoms with Crippen LogP contribution in [0.5, 0.6) is 5.75 Å². The quantitative estimate of drug-likeness (QED) is 0.484. The van der Waals surface area contributed by atoms with Gasteiger partial charge in [0.05, 0.1) is 12.0 Å². The van der Waals surface area contributed by atoms with E-state index in [0.717, 1.165) is 25.1 Å². The second-order valence-corrected chi connectivity index (χ2v) is 4.64. The van der Waals surface area contributed by atoms with Crippen molar-refractivity contribution in [1.82, 2.24) is 10.6 Å². The number of carbonyl (C=O) groups excluding carboxylic acids is 1. The van der Waals surface area contributed by atoms with Crippen molar-refractivity contribution in [3.05, 3.63) is 45.5 Å². The zero-order chi connectivity index (χ0) is 15.2. The van der Waals surface area contributed by atoms with Crippen molar-refractivity contribution in [2.45, 2.75) is 6.42 Å². The van der Waals surface area contributed by atoms with E-state index in [9.17, 15) is 14.9 Å². The number of nitro groups is 1. The molecule has 21 heavy (non-hydrogen) atoms. The minimum Gasteiger partial charge on any atom is -0.497 e. The maximum absolute atomic E-state index is 12.2. The summed E-state index contributed by atoms with van der Waals surface area (Å²) >= 11 is 0. The molecule has 1 aliphatic rings. The van der Waals surface area contributed by atoms with Gasteiger partial charge in [0.15, 0.2) is 0 Å². The van der Waals surface area contributed by atoms with Gasteiger partial charge in [0.2, 0.25) is 0 Å². The maximum atomic E-state index is 12.2. The maximum Gasteiger partial charge on any atom is 0.282 e. The summed E-state index contributed by atoms with van der Waals surface area (Å²) in [4.78, 5) is 22.6. The minimum atomic E-state index is -0.571. The molecule has 0 aliphatic carbocycles. The summed E-state index contributed by atoms with van der Waals surface area (Å²) in [5, 5.41) is 16.9. The van der Waals surface area contributed by atoms with Crippen LogP contribution < -0.4 is 15.4 Å². The van der Waals surface area contributed by atoms with Crippen LogP contribution in [0.4, 0.5) is 5.69 Å². The zero-order valence-corrected chi connectivity index (χ0v) is 11.7. The van der Waals surface area contributed by atoms with E-state index in [1.54, 1.807) is 0 Å². The molecule has 0 fully saturated rings. The summed E-state index contributed by atoms with van der Waals surface area (Å²) in [6, 6.07) is 4.12. The van der Waals surface area contributed by atoms with Crippen molar-refractivity contribution in [3.8, 4) is 5.75 Å². The van der Waals surface area contributed by atoms with Crippen molar-refractivity contribution in [2.75, 3.05) is 26.7 Å².